The quantitative estimate of drug-likeness (QED) is 0.524. The maximum Gasteiger partial charge on any atom is 0.249 e. The molecule has 0 radical (unpaired) electrons. The van der Waals surface area contributed by atoms with Crippen molar-refractivity contribution in [3.05, 3.63) is 48.7 Å². The van der Waals surface area contributed by atoms with Crippen molar-refractivity contribution in [2.24, 2.45) is 0 Å². The first-order valence-electron chi connectivity index (χ1n) is 6.96. The fraction of sp³-hybridized carbons (Fsp3) is 0.0667. The third kappa shape index (κ3) is 2.44. The third-order valence-corrected chi connectivity index (χ3v) is 4.21. The Balaban J connectivity index is 2.00. The van der Waals surface area contributed by atoms with Gasteiger partial charge in [-0.3, -0.25) is 0 Å². The standard InChI is InChI=1S/C15H11N5O3S/c1-24(21,22)15-16-11(13-7-4-8-23-13)9-14(17-15)20-12-6-3-2-5-10(12)18-19-20/h2-9H,1H3. The number of aromatic nitrogens is 5. The van der Waals surface area contributed by atoms with Gasteiger partial charge in [-0.15, -0.1) is 5.10 Å². The Morgan fingerprint density at radius 3 is 2.67 bits per heavy atom. The highest BCUT2D eigenvalue weighted by Crippen LogP contribution is 2.23. The van der Waals surface area contributed by atoms with E-state index in [0.717, 1.165) is 6.26 Å². The predicted molar refractivity (Wildman–Crippen MR) is 85.3 cm³/mol. The van der Waals surface area contributed by atoms with Crippen LogP contribution in [0.1, 0.15) is 0 Å². The molecule has 120 valence electrons. The fourth-order valence-corrected chi connectivity index (χ4v) is 2.80. The molecule has 24 heavy (non-hydrogen) atoms. The van der Waals surface area contributed by atoms with Crippen LogP contribution in [0.2, 0.25) is 0 Å². The molecule has 0 saturated carbocycles. The summed E-state index contributed by atoms with van der Waals surface area (Å²) in [4.78, 5) is 8.21. The molecular formula is C15H11N5O3S. The van der Waals surface area contributed by atoms with Gasteiger partial charge in [-0.1, -0.05) is 17.3 Å². The predicted octanol–water partition coefficient (Wildman–Crippen LogP) is 1.87. The highest BCUT2D eigenvalue weighted by molar-refractivity contribution is 7.90. The Morgan fingerprint density at radius 2 is 1.92 bits per heavy atom. The van der Waals surface area contributed by atoms with E-state index in [9.17, 15) is 8.42 Å². The summed E-state index contributed by atoms with van der Waals surface area (Å²) in [5.41, 5.74) is 1.74. The van der Waals surface area contributed by atoms with Crippen LogP contribution in [-0.2, 0) is 9.84 Å². The summed E-state index contributed by atoms with van der Waals surface area (Å²) in [5, 5.41) is 7.82. The second kappa shape index (κ2) is 5.24. The number of hydrogen-bond donors (Lipinski definition) is 0. The minimum absolute atomic E-state index is 0.297. The van der Waals surface area contributed by atoms with E-state index in [-0.39, 0.29) is 5.16 Å². The second-order valence-corrected chi connectivity index (χ2v) is 7.04. The molecule has 1 aromatic carbocycles. The highest BCUT2D eigenvalue weighted by atomic mass is 32.2. The number of para-hydroxylation sites is 1. The van der Waals surface area contributed by atoms with Gasteiger partial charge in [0.15, 0.2) is 11.6 Å². The van der Waals surface area contributed by atoms with Crippen LogP contribution in [0.25, 0.3) is 28.3 Å². The van der Waals surface area contributed by atoms with Crippen LogP contribution in [-0.4, -0.2) is 39.6 Å². The SMILES string of the molecule is CS(=O)(=O)c1nc(-c2ccco2)cc(-n2nnc3ccccc32)n1. The van der Waals surface area contributed by atoms with Gasteiger partial charge in [0, 0.05) is 12.3 Å². The second-order valence-electron chi connectivity index (χ2n) is 5.13. The van der Waals surface area contributed by atoms with Crippen molar-refractivity contribution in [2.75, 3.05) is 6.26 Å². The largest absolute Gasteiger partial charge is 0.463 e. The molecular weight excluding hydrogens is 330 g/mol. The monoisotopic (exact) mass is 341 g/mol. The molecule has 9 heteroatoms. The molecule has 0 fully saturated rings. The average molecular weight is 341 g/mol. The first kappa shape index (κ1) is 14.5. The van der Waals surface area contributed by atoms with E-state index in [2.05, 4.69) is 20.3 Å². The molecule has 0 aliphatic carbocycles. The highest BCUT2D eigenvalue weighted by Gasteiger charge is 2.18. The summed E-state index contributed by atoms with van der Waals surface area (Å²) < 4.78 is 30.7. The van der Waals surface area contributed by atoms with Crippen molar-refractivity contribution in [1.82, 2.24) is 25.0 Å². The Hall–Kier alpha value is -3.07. The van der Waals surface area contributed by atoms with Crippen molar-refractivity contribution in [2.45, 2.75) is 5.16 Å². The molecule has 0 saturated heterocycles. The molecule has 0 spiro atoms. The maximum absolute atomic E-state index is 11.9. The zero-order chi connectivity index (χ0) is 16.7. The topological polar surface area (TPSA) is 104 Å². The van der Waals surface area contributed by atoms with Crippen LogP contribution in [0.15, 0.2) is 58.3 Å². The molecule has 0 aliphatic rings. The van der Waals surface area contributed by atoms with Crippen LogP contribution < -0.4 is 0 Å². The number of hydrogen-bond acceptors (Lipinski definition) is 7. The Kier molecular flexibility index (Phi) is 3.17. The summed E-state index contributed by atoms with van der Waals surface area (Å²) >= 11 is 0. The minimum atomic E-state index is -3.61. The summed E-state index contributed by atoms with van der Waals surface area (Å²) in [6, 6.07) is 12.3. The van der Waals surface area contributed by atoms with E-state index in [1.807, 2.05) is 24.3 Å². The average Bonchev–Trinajstić information content (AvgIpc) is 3.23. The lowest BCUT2D eigenvalue weighted by Gasteiger charge is -2.06. The van der Waals surface area contributed by atoms with E-state index in [0.29, 0.717) is 28.3 Å². The molecule has 4 rings (SSSR count). The minimum Gasteiger partial charge on any atom is -0.463 e. The number of fused-ring (bicyclic) bond motifs is 1. The zero-order valence-corrected chi connectivity index (χ0v) is 13.3. The molecule has 8 nitrogen and oxygen atoms in total. The lowest BCUT2D eigenvalue weighted by Crippen LogP contribution is -2.09. The number of benzene rings is 1. The van der Waals surface area contributed by atoms with Gasteiger partial charge in [0.05, 0.1) is 11.8 Å². The maximum atomic E-state index is 11.9. The Labute approximate surface area is 136 Å². The molecule has 4 aromatic rings. The summed E-state index contributed by atoms with van der Waals surface area (Å²) in [5.74, 6) is 0.735. The van der Waals surface area contributed by atoms with Gasteiger partial charge in [0.25, 0.3) is 0 Å². The van der Waals surface area contributed by atoms with Gasteiger partial charge in [-0.2, -0.15) is 9.67 Å². The Morgan fingerprint density at radius 1 is 1.08 bits per heavy atom. The van der Waals surface area contributed by atoms with Crippen molar-refractivity contribution < 1.29 is 12.8 Å². The van der Waals surface area contributed by atoms with E-state index < -0.39 is 9.84 Å². The molecule has 0 atom stereocenters. The van der Waals surface area contributed by atoms with Gasteiger partial charge < -0.3 is 4.42 Å². The zero-order valence-electron chi connectivity index (χ0n) is 12.5. The molecule has 3 aromatic heterocycles. The molecule has 0 amide bonds. The number of nitrogens with zero attached hydrogens (tertiary/aromatic N) is 5. The summed E-state index contributed by atoms with van der Waals surface area (Å²) in [6.45, 7) is 0. The van der Waals surface area contributed by atoms with Crippen molar-refractivity contribution >= 4 is 20.9 Å². The van der Waals surface area contributed by atoms with Gasteiger partial charge >= 0.3 is 0 Å². The number of furan rings is 1. The lowest BCUT2D eigenvalue weighted by molar-refractivity contribution is 0.575. The number of sulfone groups is 1. The normalized spacial score (nSPS) is 11.9. The van der Waals surface area contributed by atoms with E-state index in [4.69, 9.17) is 4.42 Å². The molecule has 0 N–H and O–H groups in total. The first-order valence-corrected chi connectivity index (χ1v) is 8.85. The summed E-state index contributed by atoms with van der Waals surface area (Å²) in [7, 11) is -3.61. The van der Waals surface area contributed by atoms with Crippen LogP contribution in [0.3, 0.4) is 0 Å². The van der Waals surface area contributed by atoms with Gasteiger partial charge in [0.1, 0.15) is 11.2 Å². The molecule has 0 aliphatic heterocycles. The van der Waals surface area contributed by atoms with Gasteiger partial charge in [-0.25, -0.2) is 13.4 Å². The van der Waals surface area contributed by atoms with E-state index >= 15 is 0 Å². The van der Waals surface area contributed by atoms with Gasteiger partial charge in [-0.05, 0) is 24.3 Å². The fourth-order valence-electron chi connectivity index (χ4n) is 2.28. The molecule has 0 unspecified atom stereocenters. The molecule has 0 bridgehead atoms. The molecule has 3 heterocycles. The first-order chi connectivity index (χ1) is 11.5. The third-order valence-electron chi connectivity index (χ3n) is 3.37. The van der Waals surface area contributed by atoms with E-state index in [1.54, 1.807) is 18.2 Å². The van der Waals surface area contributed by atoms with Crippen LogP contribution in [0, 0.1) is 0 Å². The summed E-state index contributed by atoms with van der Waals surface area (Å²) in [6.07, 6.45) is 2.54. The van der Waals surface area contributed by atoms with E-state index in [1.165, 1.54) is 10.9 Å². The van der Waals surface area contributed by atoms with Crippen LogP contribution in [0.5, 0.6) is 0 Å². The smallest absolute Gasteiger partial charge is 0.249 e. The number of rotatable bonds is 3. The van der Waals surface area contributed by atoms with Crippen molar-refractivity contribution in [3.63, 3.8) is 0 Å². The van der Waals surface area contributed by atoms with Crippen molar-refractivity contribution in [3.8, 4) is 17.3 Å². The lowest BCUT2D eigenvalue weighted by atomic mass is 10.3. The van der Waals surface area contributed by atoms with Gasteiger partial charge in [0.2, 0.25) is 15.0 Å². The van der Waals surface area contributed by atoms with Crippen molar-refractivity contribution in [1.29, 1.82) is 0 Å². The van der Waals surface area contributed by atoms with Crippen LogP contribution >= 0.6 is 0 Å². The van der Waals surface area contributed by atoms with Crippen LogP contribution in [0.4, 0.5) is 0 Å². The Bertz CT molecular complexity index is 1130.